The minimum absolute atomic E-state index is 0.174. The predicted octanol–water partition coefficient (Wildman–Crippen LogP) is 4.38. The van der Waals surface area contributed by atoms with Gasteiger partial charge < -0.3 is 15.4 Å². The molecule has 0 atom stereocenters. The van der Waals surface area contributed by atoms with E-state index in [0.29, 0.717) is 18.0 Å². The second-order valence-corrected chi connectivity index (χ2v) is 6.40. The fraction of sp³-hybridized carbons (Fsp3) is 0.0833. The summed E-state index contributed by atoms with van der Waals surface area (Å²) in [5.74, 6) is -0.0113. The van der Waals surface area contributed by atoms with Gasteiger partial charge in [0.2, 0.25) is 5.91 Å². The first-order chi connectivity index (χ1) is 14.1. The Balaban J connectivity index is 1.64. The first-order valence-corrected chi connectivity index (χ1v) is 9.22. The molecule has 0 spiro atoms. The third-order valence-electron chi connectivity index (χ3n) is 4.03. The second-order valence-electron chi connectivity index (χ2n) is 6.40. The van der Waals surface area contributed by atoms with Gasteiger partial charge >= 0.3 is 0 Å². The van der Waals surface area contributed by atoms with Crippen LogP contribution in [0.1, 0.15) is 18.1 Å². The molecule has 0 aromatic heterocycles. The van der Waals surface area contributed by atoms with Crippen LogP contribution in [0.4, 0.5) is 5.69 Å². The molecule has 0 bridgehead atoms. The van der Waals surface area contributed by atoms with Gasteiger partial charge in [0.05, 0.1) is 0 Å². The van der Waals surface area contributed by atoms with E-state index in [1.54, 1.807) is 30.3 Å². The Morgan fingerprint density at radius 2 is 1.48 bits per heavy atom. The summed E-state index contributed by atoms with van der Waals surface area (Å²) in [6.07, 6.45) is 1.63. The van der Waals surface area contributed by atoms with Crippen LogP contribution < -0.4 is 15.4 Å². The summed E-state index contributed by atoms with van der Waals surface area (Å²) in [4.78, 5) is 24.1. The van der Waals surface area contributed by atoms with Gasteiger partial charge in [0, 0.05) is 12.6 Å². The standard InChI is InChI=1S/C24H22N2O3/c1-18(27)25-23(16-19-8-4-2-5-9-19)24(28)26-21-12-14-22(15-13-21)29-17-20-10-6-3-7-11-20/h2-16H,17H2,1H3,(H,25,27)(H,26,28). The number of carbonyl (C=O) groups is 2. The average molecular weight is 386 g/mol. The van der Waals surface area contributed by atoms with Gasteiger partial charge in [-0.05, 0) is 41.5 Å². The number of rotatable bonds is 7. The van der Waals surface area contributed by atoms with Crippen molar-refractivity contribution in [3.63, 3.8) is 0 Å². The third-order valence-corrected chi connectivity index (χ3v) is 4.03. The molecular formula is C24H22N2O3. The van der Waals surface area contributed by atoms with Crippen LogP contribution in [-0.2, 0) is 16.2 Å². The molecule has 3 rings (SSSR count). The van der Waals surface area contributed by atoms with Gasteiger partial charge in [0.25, 0.3) is 5.91 Å². The highest BCUT2D eigenvalue weighted by molar-refractivity contribution is 6.08. The number of anilines is 1. The summed E-state index contributed by atoms with van der Waals surface area (Å²) < 4.78 is 5.75. The summed E-state index contributed by atoms with van der Waals surface area (Å²) in [6, 6.07) is 26.3. The lowest BCUT2D eigenvalue weighted by Gasteiger charge is -2.11. The van der Waals surface area contributed by atoms with Crippen LogP contribution in [-0.4, -0.2) is 11.8 Å². The molecule has 5 nitrogen and oxygen atoms in total. The van der Waals surface area contributed by atoms with Crippen molar-refractivity contribution in [3.05, 3.63) is 102 Å². The lowest BCUT2D eigenvalue weighted by Crippen LogP contribution is -2.28. The van der Waals surface area contributed by atoms with Crippen LogP contribution in [0.3, 0.4) is 0 Å². The van der Waals surface area contributed by atoms with Gasteiger partial charge in [-0.1, -0.05) is 60.7 Å². The molecule has 0 saturated heterocycles. The van der Waals surface area contributed by atoms with Crippen molar-refractivity contribution in [1.82, 2.24) is 5.32 Å². The smallest absolute Gasteiger partial charge is 0.272 e. The molecule has 2 amide bonds. The molecule has 0 aliphatic carbocycles. The molecule has 0 aliphatic rings. The van der Waals surface area contributed by atoms with Crippen molar-refractivity contribution in [3.8, 4) is 5.75 Å². The molecule has 0 heterocycles. The Kier molecular flexibility index (Phi) is 6.79. The zero-order chi connectivity index (χ0) is 20.5. The van der Waals surface area contributed by atoms with Gasteiger partial charge in [0.15, 0.2) is 0 Å². The van der Waals surface area contributed by atoms with Crippen molar-refractivity contribution < 1.29 is 14.3 Å². The van der Waals surface area contributed by atoms with Crippen molar-refractivity contribution in [2.75, 3.05) is 5.32 Å². The summed E-state index contributed by atoms with van der Waals surface area (Å²) in [5, 5.41) is 5.37. The van der Waals surface area contributed by atoms with E-state index in [0.717, 1.165) is 11.1 Å². The van der Waals surface area contributed by atoms with Crippen LogP contribution in [0, 0.1) is 0 Å². The Bertz CT molecular complexity index is 982. The van der Waals surface area contributed by atoms with Gasteiger partial charge in [-0.2, -0.15) is 0 Å². The number of amides is 2. The number of nitrogens with one attached hydrogen (secondary N) is 2. The maximum absolute atomic E-state index is 12.6. The number of carbonyl (C=O) groups excluding carboxylic acids is 2. The van der Waals surface area contributed by atoms with Crippen LogP contribution in [0.5, 0.6) is 5.75 Å². The maximum atomic E-state index is 12.6. The average Bonchev–Trinajstić information content (AvgIpc) is 2.74. The van der Waals surface area contributed by atoms with Crippen molar-refractivity contribution in [2.24, 2.45) is 0 Å². The molecule has 2 N–H and O–H groups in total. The molecule has 29 heavy (non-hydrogen) atoms. The fourth-order valence-electron chi connectivity index (χ4n) is 2.64. The molecule has 0 aliphatic heterocycles. The molecule has 3 aromatic rings. The maximum Gasteiger partial charge on any atom is 0.272 e. The molecule has 0 unspecified atom stereocenters. The highest BCUT2D eigenvalue weighted by atomic mass is 16.5. The zero-order valence-electron chi connectivity index (χ0n) is 16.1. The van der Waals surface area contributed by atoms with Gasteiger partial charge in [-0.3, -0.25) is 9.59 Å². The third kappa shape index (κ3) is 6.36. The highest BCUT2D eigenvalue weighted by Crippen LogP contribution is 2.18. The second kappa shape index (κ2) is 9.90. The molecule has 146 valence electrons. The summed E-state index contributed by atoms with van der Waals surface area (Å²) in [5.41, 5.74) is 2.67. The van der Waals surface area contributed by atoms with E-state index in [1.807, 2.05) is 60.7 Å². The molecular weight excluding hydrogens is 364 g/mol. The van der Waals surface area contributed by atoms with E-state index >= 15 is 0 Å². The fourth-order valence-corrected chi connectivity index (χ4v) is 2.64. The van der Waals surface area contributed by atoms with Crippen LogP contribution in [0.25, 0.3) is 6.08 Å². The molecule has 3 aromatic carbocycles. The van der Waals surface area contributed by atoms with Crippen molar-refractivity contribution in [2.45, 2.75) is 13.5 Å². The monoisotopic (exact) mass is 386 g/mol. The van der Waals surface area contributed by atoms with E-state index in [-0.39, 0.29) is 11.6 Å². The Hall–Kier alpha value is -3.86. The van der Waals surface area contributed by atoms with Crippen molar-refractivity contribution >= 4 is 23.6 Å². The summed E-state index contributed by atoms with van der Waals surface area (Å²) >= 11 is 0. The summed E-state index contributed by atoms with van der Waals surface area (Å²) in [7, 11) is 0. The number of hydrogen-bond acceptors (Lipinski definition) is 3. The quantitative estimate of drug-likeness (QED) is 0.592. The van der Waals surface area contributed by atoms with E-state index in [9.17, 15) is 9.59 Å². The van der Waals surface area contributed by atoms with E-state index in [4.69, 9.17) is 4.74 Å². The molecule has 5 heteroatoms. The highest BCUT2D eigenvalue weighted by Gasteiger charge is 2.12. The minimum atomic E-state index is -0.401. The first-order valence-electron chi connectivity index (χ1n) is 9.22. The Morgan fingerprint density at radius 3 is 2.10 bits per heavy atom. The number of ether oxygens (including phenoxy) is 1. The minimum Gasteiger partial charge on any atom is -0.489 e. The SMILES string of the molecule is CC(=O)NC(=Cc1ccccc1)C(=O)Nc1ccc(OCc2ccccc2)cc1. The summed E-state index contributed by atoms with van der Waals surface area (Å²) in [6.45, 7) is 1.84. The Morgan fingerprint density at radius 1 is 0.862 bits per heavy atom. The Labute approximate surface area is 170 Å². The van der Waals surface area contributed by atoms with E-state index in [2.05, 4.69) is 10.6 Å². The lowest BCUT2D eigenvalue weighted by molar-refractivity contribution is -0.120. The molecule has 0 saturated carbocycles. The van der Waals surface area contributed by atoms with Crippen LogP contribution in [0.15, 0.2) is 90.6 Å². The van der Waals surface area contributed by atoms with Crippen molar-refractivity contribution in [1.29, 1.82) is 0 Å². The zero-order valence-corrected chi connectivity index (χ0v) is 16.1. The van der Waals surface area contributed by atoms with Gasteiger partial charge in [-0.15, -0.1) is 0 Å². The van der Waals surface area contributed by atoms with E-state index in [1.165, 1.54) is 6.92 Å². The van der Waals surface area contributed by atoms with E-state index < -0.39 is 5.91 Å². The van der Waals surface area contributed by atoms with Crippen LogP contribution >= 0.6 is 0 Å². The van der Waals surface area contributed by atoms with Gasteiger partial charge in [0.1, 0.15) is 18.1 Å². The molecule has 0 fully saturated rings. The number of hydrogen-bond donors (Lipinski definition) is 2. The first kappa shape index (κ1) is 19.9. The normalized spacial score (nSPS) is 10.9. The number of benzene rings is 3. The lowest BCUT2D eigenvalue weighted by atomic mass is 10.2. The predicted molar refractivity (Wildman–Crippen MR) is 114 cm³/mol. The van der Waals surface area contributed by atoms with Crippen LogP contribution in [0.2, 0.25) is 0 Å². The topological polar surface area (TPSA) is 67.4 Å². The molecule has 0 radical (unpaired) electrons. The largest absolute Gasteiger partial charge is 0.489 e. The van der Waals surface area contributed by atoms with Gasteiger partial charge in [-0.25, -0.2) is 0 Å².